The first kappa shape index (κ1) is 15.2. The summed E-state index contributed by atoms with van der Waals surface area (Å²) < 4.78 is 5.78. The summed E-state index contributed by atoms with van der Waals surface area (Å²) >= 11 is 0. The molecule has 0 aliphatic heterocycles. The van der Waals surface area contributed by atoms with Crippen LogP contribution in [0.25, 0.3) is 11.5 Å². The van der Waals surface area contributed by atoms with Gasteiger partial charge < -0.3 is 14.4 Å². The number of aliphatic hydroxyl groups is 1. The molecule has 0 saturated heterocycles. The molecule has 0 aliphatic rings. The molecule has 0 unspecified atom stereocenters. The molecule has 0 saturated carbocycles. The fourth-order valence-electron chi connectivity index (χ4n) is 2.43. The number of aliphatic hydroxyl groups excluding tert-OH is 1. The van der Waals surface area contributed by atoms with Gasteiger partial charge in [0, 0.05) is 17.8 Å². The first-order valence-electron chi connectivity index (χ1n) is 7.56. The molecule has 0 fully saturated rings. The molecule has 1 N–H and O–H groups in total. The third-order valence-electron chi connectivity index (χ3n) is 3.55. The molecule has 5 nitrogen and oxygen atoms in total. The fraction of sp³-hybridized carbons (Fsp3) is 0.222. The smallest absolute Gasteiger partial charge is 0.247 e. The van der Waals surface area contributed by atoms with E-state index in [4.69, 9.17) is 4.42 Å². The minimum absolute atomic E-state index is 0.0633. The monoisotopic (exact) mass is 309 g/mol. The summed E-state index contributed by atoms with van der Waals surface area (Å²) in [6.45, 7) is 3.06. The predicted octanol–water partition coefficient (Wildman–Crippen LogP) is 3.04. The van der Waals surface area contributed by atoms with Crippen LogP contribution in [0.3, 0.4) is 0 Å². The molecule has 3 aromatic rings. The van der Waals surface area contributed by atoms with Gasteiger partial charge in [-0.3, -0.25) is 0 Å². The van der Waals surface area contributed by atoms with Crippen LogP contribution in [0.4, 0.5) is 5.69 Å². The topological polar surface area (TPSA) is 62.4 Å². The van der Waals surface area contributed by atoms with Gasteiger partial charge >= 0.3 is 0 Å². The molecular formula is C18H19N3O2. The molecule has 3 rings (SSSR count). The minimum atomic E-state index is 0.0633. The van der Waals surface area contributed by atoms with E-state index in [2.05, 4.69) is 10.2 Å². The van der Waals surface area contributed by atoms with Crippen molar-refractivity contribution in [1.29, 1.82) is 0 Å². The van der Waals surface area contributed by atoms with Crippen molar-refractivity contribution in [3.8, 4) is 11.5 Å². The second-order valence-electron chi connectivity index (χ2n) is 5.35. The zero-order valence-corrected chi connectivity index (χ0v) is 13.0. The maximum absolute atomic E-state index is 9.28. The molecule has 0 amide bonds. The summed E-state index contributed by atoms with van der Waals surface area (Å²) in [7, 11) is 0. The van der Waals surface area contributed by atoms with Crippen LogP contribution in [0.2, 0.25) is 0 Å². The van der Waals surface area contributed by atoms with Crippen molar-refractivity contribution in [2.45, 2.75) is 13.5 Å². The van der Waals surface area contributed by atoms with Crippen LogP contribution in [-0.4, -0.2) is 28.5 Å². The van der Waals surface area contributed by atoms with E-state index in [9.17, 15) is 5.11 Å². The first-order chi connectivity index (χ1) is 11.3. The maximum atomic E-state index is 9.28. The zero-order valence-electron chi connectivity index (χ0n) is 13.0. The van der Waals surface area contributed by atoms with Gasteiger partial charge in [0.2, 0.25) is 11.8 Å². The average molecular weight is 309 g/mol. The van der Waals surface area contributed by atoms with Crippen molar-refractivity contribution in [3.05, 3.63) is 66.1 Å². The summed E-state index contributed by atoms with van der Waals surface area (Å²) in [5.74, 6) is 1.04. The summed E-state index contributed by atoms with van der Waals surface area (Å²) in [4.78, 5) is 2.01. The second-order valence-corrected chi connectivity index (χ2v) is 5.35. The van der Waals surface area contributed by atoms with Crippen molar-refractivity contribution in [1.82, 2.24) is 10.2 Å². The predicted molar refractivity (Wildman–Crippen MR) is 89.0 cm³/mol. The number of anilines is 1. The average Bonchev–Trinajstić information content (AvgIpc) is 3.04. The Hall–Kier alpha value is -2.66. The van der Waals surface area contributed by atoms with E-state index in [1.165, 1.54) is 0 Å². The molecule has 118 valence electrons. The summed E-state index contributed by atoms with van der Waals surface area (Å²) in [5, 5.41) is 17.5. The van der Waals surface area contributed by atoms with E-state index in [-0.39, 0.29) is 6.61 Å². The van der Waals surface area contributed by atoms with Gasteiger partial charge in [0.05, 0.1) is 13.2 Å². The van der Waals surface area contributed by atoms with Crippen molar-refractivity contribution in [3.63, 3.8) is 0 Å². The largest absolute Gasteiger partial charge is 0.419 e. The van der Waals surface area contributed by atoms with Crippen LogP contribution < -0.4 is 4.90 Å². The van der Waals surface area contributed by atoms with E-state index in [1.54, 1.807) is 0 Å². The summed E-state index contributed by atoms with van der Waals surface area (Å²) in [6.07, 6.45) is 0. The highest BCUT2D eigenvalue weighted by Crippen LogP contribution is 2.21. The van der Waals surface area contributed by atoms with Gasteiger partial charge in [-0.25, -0.2) is 0 Å². The van der Waals surface area contributed by atoms with E-state index < -0.39 is 0 Å². The Bertz CT molecular complexity index is 756. The fourth-order valence-corrected chi connectivity index (χ4v) is 2.43. The number of hydrogen-bond acceptors (Lipinski definition) is 5. The van der Waals surface area contributed by atoms with Gasteiger partial charge in [0.15, 0.2) is 0 Å². The third kappa shape index (κ3) is 3.76. The first-order valence-corrected chi connectivity index (χ1v) is 7.56. The highest BCUT2D eigenvalue weighted by Gasteiger charge is 2.13. The van der Waals surface area contributed by atoms with Crippen LogP contribution in [-0.2, 0) is 6.54 Å². The number of aryl methyl sites for hydroxylation is 1. The highest BCUT2D eigenvalue weighted by atomic mass is 16.4. The molecule has 0 radical (unpaired) electrons. The van der Waals surface area contributed by atoms with Gasteiger partial charge in [0.25, 0.3) is 0 Å². The van der Waals surface area contributed by atoms with E-state index in [0.717, 1.165) is 16.8 Å². The normalized spacial score (nSPS) is 10.7. The van der Waals surface area contributed by atoms with Crippen molar-refractivity contribution in [2.75, 3.05) is 18.1 Å². The number of para-hydroxylation sites is 1. The van der Waals surface area contributed by atoms with Crippen LogP contribution in [0.5, 0.6) is 0 Å². The number of aromatic nitrogens is 2. The van der Waals surface area contributed by atoms with Gasteiger partial charge in [-0.05, 0) is 31.2 Å². The standard InChI is InChI=1S/C18H19N3O2/c1-14-6-5-7-15(12-14)18-20-19-17(23-18)13-21(10-11-22)16-8-3-2-4-9-16/h2-9,12,22H,10-11,13H2,1H3. The van der Waals surface area contributed by atoms with Gasteiger partial charge in [-0.2, -0.15) is 0 Å². The second kappa shape index (κ2) is 7.07. The summed E-state index contributed by atoms with van der Waals surface area (Å²) in [5.41, 5.74) is 3.07. The van der Waals surface area contributed by atoms with Gasteiger partial charge in [-0.1, -0.05) is 35.9 Å². The Morgan fingerprint density at radius 3 is 2.61 bits per heavy atom. The molecule has 23 heavy (non-hydrogen) atoms. The molecule has 1 aromatic heterocycles. The summed E-state index contributed by atoms with van der Waals surface area (Å²) in [6, 6.07) is 17.8. The highest BCUT2D eigenvalue weighted by molar-refractivity contribution is 5.53. The third-order valence-corrected chi connectivity index (χ3v) is 3.55. The van der Waals surface area contributed by atoms with Crippen LogP contribution in [0.15, 0.2) is 59.0 Å². The Morgan fingerprint density at radius 2 is 1.87 bits per heavy atom. The SMILES string of the molecule is Cc1cccc(-c2nnc(CN(CCO)c3ccccc3)o2)c1. The Kier molecular flexibility index (Phi) is 4.68. The van der Waals surface area contributed by atoms with Crippen LogP contribution in [0, 0.1) is 6.92 Å². The molecule has 0 spiro atoms. The van der Waals surface area contributed by atoms with Crippen LogP contribution in [0.1, 0.15) is 11.5 Å². The molecule has 2 aromatic carbocycles. The lowest BCUT2D eigenvalue weighted by molar-refractivity contribution is 0.300. The van der Waals surface area contributed by atoms with Crippen molar-refractivity contribution < 1.29 is 9.52 Å². The van der Waals surface area contributed by atoms with Gasteiger partial charge in [-0.15, -0.1) is 10.2 Å². The lowest BCUT2D eigenvalue weighted by atomic mass is 10.1. The minimum Gasteiger partial charge on any atom is -0.419 e. The quantitative estimate of drug-likeness (QED) is 0.758. The lowest BCUT2D eigenvalue weighted by Crippen LogP contribution is -2.26. The Balaban J connectivity index is 1.79. The molecule has 0 aliphatic carbocycles. The lowest BCUT2D eigenvalue weighted by Gasteiger charge is -2.21. The van der Waals surface area contributed by atoms with E-state index in [0.29, 0.717) is 24.9 Å². The Labute approximate surface area is 135 Å². The zero-order chi connectivity index (χ0) is 16.1. The number of rotatable bonds is 6. The number of nitrogens with zero attached hydrogens (tertiary/aromatic N) is 3. The molecule has 0 atom stereocenters. The Morgan fingerprint density at radius 1 is 1.04 bits per heavy atom. The van der Waals surface area contributed by atoms with E-state index in [1.807, 2.05) is 66.4 Å². The maximum Gasteiger partial charge on any atom is 0.247 e. The van der Waals surface area contributed by atoms with Crippen LogP contribution >= 0.6 is 0 Å². The number of benzene rings is 2. The molecule has 1 heterocycles. The van der Waals surface area contributed by atoms with Crippen molar-refractivity contribution in [2.24, 2.45) is 0 Å². The number of hydrogen-bond donors (Lipinski definition) is 1. The van der Waals surface area contributed by atoms with Crippen molar-refractivity contribution >= 4 is 5.69 Å². The molecule has 5 heteroatoms. The van der Waals surface area contributed by atoms with E-state index >= 15 is 0 Å². The molecular weight excluding hydrogens is 290 g/mol. The molecule has 0 bridgehead atoms. The van der Waals surface area contributed by atoms with Gasteiger partial charge in [0.1, 0.15) is 0 Å².